The van der Waals surface area contributed by atoms with Crippen LogP contribution in [0.4, 0.5) is 5.13 Å². The fourth-order valence-corrected chi connectivity index (χ4v) is 4.50. The van der Waals surface area contributed by atoms with E-state index in [9.17, 15) is 4.79 Å². The number of fused-ring (bicyclic) bond motifs is 1. The molecule has 1 aromatic carbocycles. The van der Waals surface area contributed by atoms with E-state index in [0.29, 0.717) is 0 Å². The van der Waals surface area contributed by atoms with E-state index in [1.54, 1.807) is 17.5 Å². The van der Waals surface area contributed by atoms with Crippen LogP contribution < -0.4 is 10.2 Å². The van der Waals surface area contributed by atoms with Gasteiger partial charge in [-0.05, 0) is 43.4 Å². The van der Waals surface area contributed by atoms with E-state index in [1.165, 1.54) is 5.56 Å². The van der Waals surface area contributed by atoms with Crippen LogP contribution in [0.5, 0.6) is 0 Å². The van der Waals surface area contributed by atoms with Crippen LogP contribution in [0.1, 0.15) is 24.8 Å². The number of hydrogen-bond donors (Lipinski definition) is 1. The average molecular weight is 381 g/mol. The molecule has 6 heteroatoms. The first-order valence-corrected chi connectivity index (χ1v) is 10.4. The molecule has 3 heterocycles. The van der Waals surface area contributed by atoms with E-state index in [2.05, 4.69) is 44.5 Å². The van der Waals surface area contributed by atoms with Gasteiger partial charge >= 0.3 is 0 Å². The van der Waals surface area contributed by atoms with Crippen molar-refractivity contribution >= 4 is 32.7 Å². The Morgan fingerprint density at radius 2 is 2.11 bits per heavy atom. The summed E-state index contributed by atoms with van der Waals surface area (Å²) in [5, 5.41) is 4.10. The minimum Gasteiger partial charge on any atom is -0.356 e. The van der Waals surface area contributed by atoms with Crippen molar-refractivity contribution in [2.75, 3.05) is 24.5 Å². The minimum atomic E-state index is 0.0375. The van der Waals surface area contributed by atoms with E-state index in [0.717, 1.165) is 60.8 Å². The third-order valence-corrected chi connectivity index (χ3v) is 6.04. The second-order valence-corrected chi connectivity index (χ2v) is 7.95. The number of anilines is 1. The van der Waals surface area contributed by atoms with Gasteiger partial charge in [0.2, 0.25) is 5.91 Å². The van der Waals surface area contributed by atoms with Gasteiger partial charge in [0, 0.05) is 25.8 Å². The predicted molar refractivity (Wildman–Crippen MR) is 110 cm³/mol. The first-order valence-electron chi connectivity index (χ1n) is 9.58. The number of benzene rings is 1. The Bertz CT molecular complexity index is 862. The van der Waals surface area contributed by atoms with Gasteiger partial charge in [-0.25, -0.2) is 9.97 Å². The summed E-state index contributed by atoms with van der Waals surface area (Å²) < 4.78 is 0. The van der Waals surface area contributed by atoms with Gasteiger partial charge in [0.25, 0.3) is 0 Å². The van der Waals surface area contributed by atoms with Crippen molar-refractivity contribution in [3.05, 3.63) is 54.2 Å². The topological polar surface area (TPSA) is 58.1 Å². The molecule has 0 radical (unpaired) electrons. The van der Waals surface area contributed by atoms with Crippen molar-refractivity contribution in [2.45, 2.75) is 25.7 Å². The van der Waals surface area contributed by atoms with Crippen LogP contribution in [-0.2, 0) is 11.2 Å². The molecule has 27 heavy (non-hydrogen) atoms. The molecule has 0 aliphatic carbocycles. The van der Waals surface area contributed by atoms with Gasteiger partial charge in [-0.15, -0.1) is 0 Å². The zero-order chi connectivity index (χ0) is 18.5. The lowest BCUT2D eigenvalue weighted by molar-refractivity contribution is -0.125. The summed E-state index contributed by atoms with van der Waals surface area (Å²) in [4.78, 5) is 24.9. The summed E-state index contributed by atoms with van der Waals surface area (Å²) in [6.07, 6.45) is 5.73. The average Bonchev–Trinajstić information content (AvgIpc) is 3.16. The van der Waals surface area contributed by atoms with Crippen LogP contribution in [0.15, 0.2) is 48.7 Å². The number of nitrogens with zero attached hydrogens (tertiary/aromatic N) is 3. The number of carbonyl (C=O) groups excluding carboxylic acids is 1. The van der Waals surface area contributed by atoms with Gasteiger partial charge in [-0.1, -0.05) is 41.7 Å². The smallest absolute Gasteiger partial charge is 0.224 e. The van der Waals surface area contributed by atoms with Gasteiger partial charge in [0.1, 0.15) is 10.3 Å². The molecule has 2 aromatic heterocycles. The molecule has 1 atom stereocenters. The first-order chi connectivity index (χ1) is 13.3. The van der Waals surface area contributed by atoms with Crippen molar-refractivity contribution in [1.82, 2.24) is 15.3 Å². The molecule has 1 saturated heterocycles. The molecule has 1 N–H and O–H groups in total. The lowest BCUT2D eigenvalue weighted by Gasteiger charge is -2.31. The maximum absolute atomic E-state index is 12.6. The summed E-state index contributed by atoms with van der Waals surface area (Å²) in [6, 6.07) is 14.3. The highest BCUT2D eigenvalue weighted by molar-refractivity contribution is 7.21. The Balaban J connectivity index is 1.29. The normalized spacial score (nSPS) is 17.2. The second kappa shape index (κ2) is 8.48. The number of carbonyl (C=O) groups is 1. The van der Waals surface area contributed by atoms with Gasteiger partial charge in [0.05, 0.1) is 5.92 Å². The highest BCUT2D eigenvalue weighted by atomic mass is 32.1. The van der Waals surface area contributed by atoms with Gasteiger partial charge in [-0.3, -0.25) is 4.79 Å². The molecule has 0 unspecified atom stereocenters. The van der Waals surface area contributed by atoms with Crippen molar-refractivity contribution in [1.29, 1.82) is 0 Å². The molecule has 140 valence electrons. The number of pyridine rings is 1. The van der Waals surface area contributed by atoms with E-state index >= 15 is 0 Å². The van der Waals surface area contributed by atoms with Crippen LogP contribution in [0.25, 0.3) is 10.3 Å². The maximum Gasteiger partial charge on any atom is 0.224 e. The second-order valence-electron chi connectivity index (χ2n) is 6.99. The van der Waals surface area contributed by atoms with Crippen molar-refractivity contribution in [2.24, 2.45) is 5.92 Å². The Labute approximate surface area is 163 Å². The first kappa shape index (κ1) is 17.9. The minimum absolute atomic E-state index is 0.0375. The van der Waals surface area contributed by atoms with E-state index in [4.69, 9.17) is 0 Å². The largest absolute Gasteiger partial charge is 0.356 e. The third-order valence-electron chi connectivity index (χ3n) is 5.00. The fraction of sp³-hybridized carbons (Fsp3) is 0.381. The Morgan fingerprint density at radius 1 is 1.22 bits per heavy atom. The Kier molecular flexibility index (Phi) is 5.63. The number of nitrogens with one attached hydrogen (secondary N) is 1. The van der Waals surface area contributed by atoms with Gasteiger partial charge < -0.3 is 10.2 Å². The van der Waals surface area contributed by atoms with Crippen molar-refractivity contribution in [3.8, 4) is 0 Å². The zero-order valence-electron chi connectivity index (χ0n) is 15.3. The number of aryl methyl sites for hydroxylation is 1. The fourth-order valence-electron chi connectivity index (χ4n) is 3.55. The molecule has 5 nitrogen and oxygen atoms in total. The quantitative estimate of drug-likeness (QED) is 0.663. The summed E-state index contributed by atoms with van der Waals surface area (Å²) in [6.45, 7) is 2.43. The number of hydrogen-bond acceptors (Lipinski definition) is 5. The van der Waals surface area contributed by atoms with Crippen molar-refractivity contribution in [3.63, 3.8) is 0 Å². The summed E-state index contributed by atoms with van der Waals surface area (Å²) >= 11 is 1.61. The third kappa shape index (κ3) is 4.45. The number of aromatic nitrogens is 2. The lowest BCUT2D eigenvalue weighted by Crippen LogP contribution is -2.43. The maximum atomic E-state index is 12.6. The highest BCUT2D eigenvalue weighted by Gasteiger charge is 2.27. The van der Waals surface area contributed by atoms with E-state index in [1.807, 2.05) is 18.2 Å². The standard InChI is InChI=1S/C21H24N4OS/c26-19(22-12-4-9-16-7-2-1-3-8-16)17-10-6-14-25(15-17)21-24-18-11-5-13-23-20(18)27-21/h1-3,5,7-8,11,13,17H,4,6,9-10,12,14-15H2,(H,22,26)/t17-/m1/s1. The van der Waals surface area contributed by atoms with E-state index < -0.39 is 0 Å². The molecule has 0 bridgehead atoms. The van der Waals surface area contributed by atoms with Gasteiger partial charge in [0.15, 0.2) is 5.13 Å². The zero-order valence-corrected chi connectivity index (χ0v) is 16.1. The molecular formula is C21H24N4OS. The number of rotatable bonds is 6. The number of piperidine rings is 1. The Hall–Kier alpha value is -2.47. The molecule has 4 rings (SSSR count). The SMILES string of the molecule is O=C(NCCCc1ccccc1)[C@@H]1CCCN(c2nc3cccnc3s2)C1. The van der Waals surface area contributed by atoms with Crippen LogP contribution >= 0.6 is 11.3 Å². The molecule has 1 amide bonds. The van der Waals surface area contributed by atoms with Crippen LogP contribution in [0, 0.1) is 5.92 Å². The Morgan fingerprint density at radius 3 is 2.96 bits per heavy atom. The van der Waals surface area contributed by atoms with Crippen molar-refractivity contribution < 1.29 is 4.79 Å². The summed E-state index contributed by atoms with van der Waals surface area (Å²) in [5.74, 6) is 0.211. The summed E-state index contributed by atoms with van der Waals surface area (Å²) in [5.41, 5.74) is 2.25. The molecule has 1 aliphatic rings. The number of thiazole rings is 1. The summed E-state index contributed by atoms with van der Waals surface area (Å²) in [7, 11) is 0. The van der Waals surface area contributed by atoms with Crippen LogP contribution in [0.2, 0.25) is 0 Å². The highest BCUT2D eigenvalue weighted by Crippen LogP contribution is 2.30. The predicted octanol–water partition coefficient (Wildman–Crippen LogP) is 3.66. The molecule has 1 fully saturated rings. The van der Waals surface area contributed by atoms with Gasteiger partial charge in [-0.2, -0.15) is 0 Å². The van der Waals surface area contributed by atoms with Crippen LogP contribution in [-0.4, -0.2) is 35.5 Å². The van der Waals surface area contributed by atoms with Crippen LogP contribution in [0.3, 0.4) is 0 Å². The molecule has 3 aromatic rings. The number of amides is 1. The lowest BCUT2D eigenvalue weighted by atomic mass is 9.97. The molecule has 0 saturated carbocycles. The molecule has 1 aliphatic heterocycles. The molecule has 0 spiro atoms. The molecular weight excluding hydrogens is 356 g/mol. The van der Waals surface area contributed by atoms with E-state index in [-0.39, 0.29) is 11.8 Å². The monoisotopic (exact) mass is 380 g/mol.